The molecule has 0 amide bonds. The number of aryl methyl sites for hydroxylation is 1. The van der Waals surface area contributed by atoms with Gasteiger partial charge in [-0.05, 0) is 24.5 Å². The van der Waals surface area contributed by atoms with E-state index in [0.29, 0.717) is 0 Å². The number of methoxy groups -OCH3 is 2. The lowest BCUT2D eigenvalue weighted by atomic mass is 10.1. The minimum atomic E-state index is 0.837. The van der Waals surface area contributed by atoms with Crippen molar-refractivity contribution in [2.24, 2.45) is 0 Å². The molecule has 2 nitrogen and oxygen atoms in total. The molecule has 0 atom stereocenters. The maximum atomic E-state index is 5.29. The molecule has 3 heteroatoms. The zero-order valence-corrected chi connectivity index (χ0v) is 10.1. The minimum Gasteiger partial charge on any atom is -0.497 e. The molecule has 0 fully saturated rings. The first-order valence-electron chi connectivity index (χ1n) is 4.58. The van der Waals surface area contributed by atoms with Gasteiger partial charge in [-0.25, -0.2) is 0 Å². The highest BCUT2D eigenvalue weighted by Gasteiger charge is 2.03. The summed E-state index contributed by atoms with van der Waals surface area (Å²) in [4.78, 5) is 0. The van der Waals surface area contributed by atoms with Gasteiger partial charge in [0.2, 0.25) is 0 Å². The fraction of sp³-hybridized carbons (Fsp3) is 0.455. The van der Waals surface area contributed by atoms with Crippen LogP contribution in [0, 0.1) is 0 Å². The molecule has 0 radical (unpaired) electrons. The Morgan fingerprint density at radius 1 is 1.21 bits per heavy atom. The first-order chi connectivity index (χ1) is 6.81. The summed E-state index contributed by atoms with van der Waals surface area (Å²) in [6, 6.07) is 5.94. The third kappa shape index (κ3) is 2.91. The molecule has 0 saturated heterocycles. The van der Waals surface area contributed by atoms with E-state index in [9.17, 15) is 0 Å². The van der Waals surface area contributed by atoms with Gasteiger partial charge in [0, 0.05) is 11.4 Å². The van der Waals surface area contributed by atoms with Crippen LogP contribution in [0.1, 0.15) is 12.0 Å². The van der Waals surface area contributed by atoms with Crippen molar-refractivity contribution in [1.82, 2.24) is 0 Å². The van der Waals surface area contributed by atoms with E-state index in [-0.39, 0.29) is 0 Å². The van der Waals surface area contributed by atoms with Crippen molar-refractivity contribution >= 4 is 15.9 Å². The molecule has 1 aromatic carbocycles. The fourth-order valence-corrected chi connectivity index (χ4v) is 1.60. The number of hydrogen-bond acceptors (Lipinski definition) is 2. The average molecular weight is 259 g/mol. The monoisotopic (exact) mass is 258 g/mol. The Morgan fingerprint density at radius 3 is 2.57 bits per heavy atom. The van der Waals surface area contributed by atoms with Gasteiger partial charge in [0.15, 0.2) is 0 Å². The van der Waals surface area contributed by atoms with Gasteiger partial charge in [-0.1, -0.05) is 22.0 Å². The van der Waals surface area contributed by atoms with E-state index < -0.39 is 0 Å². The molecule has 1 aromatic rings. The van der Waals surface area contributed by atoms with E-state index in [1.54, 1.807) is 14.2 Å². The van der Waals surface area contributed by atoms with Crippen LogP contribution in [0.4, 0.5) is 0 Å². The predicted molar refractivity (Wildman–Crippen MR) is 61.7 cm³/mol. The third-order valence-corrected chi connectivity index (χ3v) is 2.63. The van der Waals surface area contributed by atoms with E-state index in [1.807, 2.05) is 12.1 Å². The lowest BCUT2D eigenvalue weighted by Crippen LogP contribution is -1.94. The van der Waals surface area contributed by atoms with E-state index >= 15 is 0 Å². The summed E-state index contributed by atoms with van der Waals surface area (Å²) >= 11 is 3.42. The van der Waals surface area contributed by atoms with Gasteiger partial charge in [-0.2, -0.15) is 0 Å². The Bertz CT molecular complexity index is 287. The highest BCUT2D eigenvalue weighted by Crippen LogP contribution is 2.25. The highest BCUT2D eigenvalue weighted by atomic mass is 79.9. The summed E-state index contributed by atoms with van der Waals surface area (Å²) in [5.74, 6) is 1.75. The number of ether oxygens (including phenoxy) is 2. The van der Waals surface area contributed by atoms with Crippen LogP contribution < -0.4 is 9.47 Å². The van der Waals surface area contributed by atoms with E-state index in [1.165, 1.54) is 5.56 Å². The quantitative estimate of drug-likeness (QED) is 0.757. The van der Waals surface area contributed by atoms with Gasteiger partial charge in [0.25, 0.3) is 0 Å². The number of rotatable bonds is 5. The zero-order valence-electron chi connectivity index (χ0n) is 8.55. The smallest absolute Gasteiger partial charge is 0.125 e. The van der Waals surface area contributed by atoms with Crippen LogP contribution in [0.25, 0.3) is 0 Å². The van der Waals surface area contributed by atoms with Crippen LogP contribution in [-0.2, 0) is 6.42 Å². The largest absolute Gasteiger partial charge is 0.497 e. The van der Waals surface area contributed by atoms with E-state index in [0.717, 1.165) is 29.7 Å². The minimum absolute atomic E-state index is 0.837. The summed E-state index contributed by atoms with van der Waals surface area (Å²) in [5, 5.41) is 1.02. The molecule has 0 N–H and O–H groups in total. The Balaban J connectivity index is 2.82. The van der Waals surface area contributed by atoms with Crippen LogP contribution in [0.15, 0.2) is 18.2 Å². The van der Waals surface area contributed by atoms with Crippen molar-refractivity contribution in [3.8, 4) is 11.5 Å². The lowest BCUT2D eigenvalue weighted by molar-refractivity contribution is 0.391. The second-order valence-corrected chi connectivity index (χ2v) is 3.76. The fourth-order valence-electron chi connectivity index (χ4n) is 1.32. The molecular formula is C11H15BrO2. The molecule has 0 aliphatic rings. The van der Waals surface area contributed by atoms with Gasteiger partial charge in [0.1, 0.15) is 11.5 Å². The Hall–Kier alpha value is -0.700. The summed E-state index contributed by atoms with van der Waals surface area (Å²) in [6.07, 6.45) is 2.14. The van der Waals surface area contributed by atoms with Crippen LogP contribution in [0.5, 0.6) is 11.5 Å². The maximum absolute atomic E-state index is 5.29. The van der Waals surface area contributed by atoms with Gasteiger partial charge in [-0.15, -0.1) is 0 Å². The predicted octanol–water partition coefficient (Wildman–Crippen LogP) is 3.03. The lowest BCUT2D eigenvalue weighted by Gasteiger charge is -2.09. The number of benzene rings is 1. The molecule has 0 aliphatic heterocycles. The molecule has 0 unspecified atom stereocenters. The second kappa shape index (κ2) is 5.91. The molecule has 1 rings (SSSR count). The molecule has 78 valence electrons. The molecular weight excluding hydrogens is 244 g/mol. The summed E-state index contributed by atoms with van der Waals surface area (Å²) in [6.45, 7) is 0. The molecule has 0 saturated carbocycles. The van der Waals surface area contributed by atoms with Crippen LogP contribution in [0.2, 0.25) is 0 Å². The van der Waals surface area contributed by atoms with Crippen LogP contribution >= 0.6 is 15.9 Å². The average Bonchev–Trinajstić information content (AvgIpc) is 2.26. The summed E-state index contributed by atoms with van der Waals surface area (Å²) in [5.41, 5.74) is 1.23. The number of alkyl halides is 1. The first-order valence-corrected chi connectivity index (χ1v) is 5.71. The standard InChI is InChI=1S/C11H15BrO2/c1-13-10-6-5-9(4-3-7-12)11(8-10)14-2/h5-6,8H,3-4,7H2,1-2H3. The number of halogens is 1. The summed E-state index contributed by atoms with van der Waals surface area (Å²) < 4.78 is 10.4. The van der Waals surface area contributed by atoms with Crippen molar-refractivity contribution in [3.05, 3.63) is 23.8 Å². The van der Waals surface area contributed by atoms with E-state index in [4.69, 9.17) is 9.47 Å². The van der Waals surface area contributed by atoms with Gasteiger partial charge < -0.3 is 9.47 Å². The maximum Gasteiger partial charge on any atom is 0.125 e. The van der Waals surface area contributed by atoms with Crippen LogP contribution in [-0.4, -0.2) is 19.5 Å². The molecule has 0 spiro atoms. The van der Waals surface area contributed by atoms with Crippen molar-refractivity contribution in [2.75, 3.05) is 19.5 Å². The van der Waals surface area contributed by atoms with Crippen molar-refractivity contribution in [2.45, 2.75) is 12.8 Å². The van der Waals surface area contributed by atoms with Crippen molar-refractivity contribution < 1.29 is 9.47 Å². The van der Waals surface area contributed by atoms with Crippen molar-refractivity contribution in [1.29, 1.82) is 0 Å². The van der Waals surface area contributed by atoms with Crippen molar-refractivity contribution in [3.63, 3.8) is 0 Å². The Kier molecular flexibility index (Phi) is 4.80. The van der Waals surface area contributed by atoms with Gasteiger partial charge >= 0.3 is 0 Å². The molecule has 0 heterocycles. The normalized spacial score (nSPS) is 9.93. The Morgan fingerprint density at radius 2 is 2.00 bits per heavy atom. The van der Waals surface area contributed by atoms with E-state index in [2.05, 4.69) is 22.0 Å². The molecule has 0 aromatic heterocycles. The summed E-state index contributed by atoms with van der Waals surface area (Å²) in [7, 11) is 3.35. The van der Waals surface area contributed by atoms with Gasteiger partial charge in [-0.3, -0.25) is 0 Å². The van der Waals surface area contributed by atoms with Crippen LogP contribution in [0.3, 0.4) is 0 Å². The van der Waals surface area contributed by atoms with Gasteiger partial charge in [0.05, 0.1) is 14.2 Å². The highest BCUT2D eigenvalue weighted by molar-refractivity contribution is 9.09. The SMILES string of the molecule is COc1ccc(CCCBr)c(OC)c1. The zero-order chi connectivity index (χ0) is 10.4. The Labute approximate surface area is 93.4 Å². The third-order valence-electron chi connectivity index (χ3n) is 2.07. The molecule has 0 aliphatic carbocycles. The first kappa shape index (κ1) is 11.4. The number of hydrogen-bond donors (Lipinski definition) is 0. The topological polar surface area (TPSA) is 18.5 Å². The molecule has 0 bridgehead atoms. The second-order valence-electron chi connectivity index (χ2n) is 2.97. The molecule has 14 heavy (non-hydrogen) atoms.